The van der Waals surface area contributed by atoms with Gasteiger partial charge in [-0.25, -0.2) is 0 Å². The fourth-order valence-electron chi connectivity index (χ4n) is 7.39. The molecule has 0 radical (unpaired) electrons. The van der Waals surface area contributed by atoms with Crippen molar-refractivity contribution in [3.63, 3.8) is 0 Å². The number of fused-ring (bicyclic) bond motifs is 5. The molecule has 0 aromatic carbocycles. The predicted octanol–water partition coefficient (Wildman–Crippen LogP) is 3.45. The summed E-state index contributed by atoms with van der Waals surface area (Å²) < 4.78 is 0. The highest BCUT2D eigenvalue weighted by atomic mass is 16.3. The molecule has 0 saturated heterocycles. The van der Waals surface area contributed by atoms with E-state index < -0.39 is 0 Å². The van der Waals surface area contributed by atoms with E-state index in [1.54, 1.807) is 12.5 Å². The van der Waals surface area contributed by atoms with Crippen LogP contribution in [-0.4, -0.2) is 23.0 Å². The molecule has 0 aromatic heterocycles. The van der Waals surface area contributed by atoms with Crippen LogP contribution in [0.3, 0.4) is 0 Å². The molecule has 0 spiro atoms. The van der Waals surface area contributed by atoms with E-state index in [1.807, 2.05) is 0 Å². The van der Waals surface area contributed by atoms with Crippen molar-refractivity contribution in [3.8, 4) is 0 Å². The summed E-state index contributed by atoms with van der Waals surface area (Å²) in [7, 11) is 0. The normalized spacial score (nSPS) is 53.6. The van der Waals surface area contributed by atoms with Crippen LogP contribution in [0.1, 0.15) is 65.7 Å². The van der Waals surface area contributed by atoms with E-state index >= 15 is 0 Å². The Bertz CT molecular complexity index is 584. The molecule has 3 fully saturated rings. The molecule has 134 valence electrons. The van der Waals surface area contributed by atoms with Gasteiger partial charge in [0.1, 0.15) is 5.78 Å². The summed E-state index contributed by atoms with van der Waals surface area (Å²) in [6.07, 6.45) is 9.57. The Morgan fingerprint density at radius 1 is 1.29 bits per heavy atom. The molecule has 0 heterocycles. The summed E-state index contributed by atoms with van der Waals surface area (Å²) in [5, 5.41) is 10.9. The fraction of sp³-hybridized carbons (Fsp3) is 0.857. The fourth-order valence-corrected chi connectivity index (χ4v) is 7.39. The topological polar surface area (TPSA) is 63.3 Å². The van der Waals surface area contributed by atoms with E-state index in [0.717, 1.165) is 25.7 Å². The molecule has 4 aliphatic carbocycles. The average molecular weight is 332 g/mol. The van der Waals surface area contributed by atoms with E-state index in [2.05, 4.69) is 19.9 Å². The molecular formula is C21H33NO2. The number of nitrogens with two attached hydrogens (primary N) is 1. The van der Waals surface area contributed by atoms with Crippen LogP contribution in [0.5, 0.6) is 0 Å². The number of aliphatic hydroxyl groups is 1. The summed E-state index contributed by atoms with van der Waals surface area (Å²) in [5.41, 5.74) is 8.09. The first-order valence-electron chi connectivity index (χ1n) is 9.91. The minimum atomic E-state index is -0.305. The molecule has 0 bridgehead atoms. The van der Waals surface area contributed by atoms with Gasteiger partial charge in [-0.05, 0) is 80.5 Å². The van der Waals surface area contributed by atoms with E-state index in [1.165, 1.54) is 12.8 Å². The molecule has 8 atom stereocenters. The van der Waals surface area contributed by atoms with Gasteiger partial charge in [-0.15, -0.1) is 0 Å². The highest BCUT2D eigenvalue weighted by Gasteiger charge is 2.62. The minimum absolute atomic E-state index is 0.000804. The smallest absolute Gasteiger partial charge is 0.133 e. The van der Waals surface area contributed by atoms with Gasteiger partial charge < -0.3 is 10.8 Å². The van der Waals surface area contributed by atoms with Crippen LogP contribution in [0.2, 0.25) is 0 Å². The molecular weight excluding hydrogens is 298 g/mol. The minimum Gasteiger partial charge on any atom is -0.393 e. The zero-order valence-electron chi connectivity index (χ0n) is 15.4. The molecule has 3 saturated carbocycles. The molecule has 3 heteroatoms. The van der Waals surface area contributed by atoms with Crippen molar-refractivity contribution in [1.82, 2.24) is 0 Å². The number of aliphatic hydroxyl groups excluding tert-OH is 1. The molecule has 0 aromatic rings. The van der Waals surface area contributed by atoms with Crippen LogP contribution in [-0.2, 0) is 4.79 Å². The molecule has 0 unspecified atom stereocenters. The quantitative estimate of drug-likeness (QED) is 0.723. The number of hydrogen-bond acceptors (Lipinski definition) is 3. The van der Waals surface area contributed by atoms with Crippen molar-refractivity contribution in [3.05, 3.63) is 11.6 Å². The lowest BCUT2D eigenvalue weighted by atomic mass is 9.47. The van der Waals surface area contributed by atoms with Crippen LogP contribution in [0.4, 0.5) is 0 Å². The summed E-state index contributed by atoms with van der Waals surface area (Å²) in [4.78, 5) is 12.2. The van der Waals surface area contributed by atoms with Gasteiger partial charge in [-0.2, -0.15) is 0 Å². The van der Waals surface area contributed by atoms with Crippen molar-refractivity contribution < 1.29 is 9.90 Å². The summed E-state index contributed by atoms with van der Waals surface area (Å²) in [6, 6.07) is 0.328. The Morgan fingerprint density at radius 2 is 2.04 bits per heavy atom. The summed E-state index contributed by atoms with van der Waals surface area (Å²) >= 11 is 0. The number of ketones is 1. The maximum absolute atomic E-state index is 12.2. The van der Waals surface area contributed by atoms with Crippen LogP contribution in [0, 0.1) is 34.5 Å². The first-order chi connectivity index (χ1) is 11.3. The van der Waals surface area contributed by atoms with Crippen molar-refractivity contribution >= 4 is 5.78 Å². The lowest BCUT2D eigenvalue weighted by molar-refractivity contribution is -0.127. The van der Waals surface area contributed by atoms with Crippen molar-refractivity contribution in [2.45, 2.75) is 77.9 Å². The van der Waals surface area contributed by atoms with E-state index in [4.69, 9.17) is 5.73 Å². The van der Waals surface area contributed by atoms with Gasteiger partial charge in [0.15, 0.2) is 0 Å². The largest absolute Gasteiger partial charge is 0.393 e. The van der Waals surface area contributed by atoms with Gasteiger partial charge in [-0.3, -0.25) is 4.79 Å². The van der Waals surface area contributed by atoms with Gasteiger partial charge in [0.05, 0.1) is 6.10 Å². The number of allylic oxidation sites excluding steroid dienone is 1. The second kappa shape index (κ2) is 5.41. The first-order valence-corrected chi connectivity index (χ1v) is 9.91. The third-order valence-corrected chi connectivity index (χ3v) is 8.62. The van der Waals surface area contributed by atoms with E-state index in [-0.39, 0.29) is 34.6 Å². The first kappa shape index (κ1) is 16.8. The monoisotopic (exact) mass is 331 g/mol. The van der Waals surface area contributed by atoms with Gasteiger partial charge in [0.2, 0.25) is 0 Å². The number of rotatable bonds is 1. The maximum Gasteiger partial charge on any atom is 0.133 e. The Balaban J connectivity index is 1.70. The summed E-state index contributed by atoms with van der Waals surface area (Å²) in [6.45, 7) is 6.46. The average Bonchev–Trinajstić information content (AvgIpc) is 2.80. The Kier molecular flexibility index (Phi) is 3.78. The lowest BCUT2D eigenvalue weighted by Crippen LogP contribution is -2.53. The second-order valence-electron chi connectivity index (χ2n) is 9.69. The lowest BCUT2D eigenvalue weighted by Gasteiger charge is -2.58. The van der Waals surface area contributed by atoms with Gasteiger partial charge in [0, 0.05) is 12.0 Å². The number of carbonyl (C=O) groups excluding carboxylic acids is 1. The Labute approximate surface area is 146 Å². The molecule has 4 rings (SSSR count). The van der Waals surface area contributed by atoms with Crippen LogP contribution < -0.4 is 5.73 Å². The summed E-state index contributed by atoms with van der Waals surface area (Å²) in [5.74, 6) is 1.81. The zero-order valence-corrected chi connectivity index (χ0v) is 15.4. The number of hydrogen-bond donors (Lipinski definition) is 2. The van der Waals surface area contributed by atoms with Crippen LogP contribution in [0.15, 0.2) is 11.6 Å². The van der Waals surface area contributed by atoms with Gasteiger partial charge in [-0.1, -0.05) is 25.5 Å². The number of Topliss-reactive ketones (excluding diaryl/α,β-unsaturated/α-hetero) is 1. The second-order valence-corrected chi connectivity index (χ2v) is 9.69. The highest BCUT2D eigenvalue weighted by molar-refractivity contribution is 5.79. The zero-order chi connectivity index (χ0) is 17.3. The van der Waals surface area contributed by atoms with Gasteiger partial charge >= 0.3 is 0 Å². The molecule has 24 heavy (non-hydrogen) atoms. The predicted molar refractivity (Wildman–Crippen MR) is 95.2 cm³/mol. The van der Waals surface area contributed by atoms with Gasteiger partial charge in [0.25, 0.3) is 0 Å². The third kappa shape index (κ3) is 2.13. The highest BCUT2D eigenvalue weighted by Crippen LogP contribution is 2.66. The SMILES string of the molecule is CC(=O)[C@H]1C[C@H](O)[C@H]2[C@@H]3CC=C4C[C@H](N)CC[C@]4(C)[C@H]3CC[C@@]21C. The molecule has 0 amide bonds. The van der Waals surface area contributed by atoms with Crippen LogP contribution >= 0.6 is 0 Å². The molecule has 4 aliphatic rings. The van der Waals surface area contributed by atoms with E-state index in [0.29, 0.717) is 24.3 Å². The Hall–Kier alpha value is -0.670. The molecule has 0 aliphatic heterocycles. The van der Waals surface area contributed by atoms with Crippen molar-refractivity contribution in [2.75, 3.05) is 0 Å². The number of carbonyl (C=O) groups is 1. The Morgan fingerprint density at radius 3 is 2.75 bits per heavy atom. The van der Waals surface area contributed by atoms with Crippen molar-refractivity contribution in [1.29, 1.82) is 0 Å². The third-order valence-electron chi connectivity index (χ3n) is 8.62. The maximum atomic E-state index is 12.2. The van der Waals surface area contributed by atoms with Crippen molar-refractivity contribution in [2.24, 2.45) is 40.2 Å². The molecule has 3 N–H and O–H groups in total. The molecule has 3 nitrogen and oxygen atoms in total. The van der Waals surface area contributed by atoms with E-state index in [9.17, 15) is 9.90 Å². The van der Waals surface area contributed by atoms with Crippen LogP contribution in [0.25, 0.3) is 0 Å². The standard InChI is InChI=1S/C21H33NO2/c1-12(23)17-11-18(24)19-15-5-4-13-10-14(22)6-8-20(13,2)16(15)7-9-21(17,19)3/h4,14-19,24H,5-11,22H2,1-3H3/t14-,15-,16+,17-,18+,19-,20+,21-/m1/s1.